The molecule has 1 unspecified atom stereocenters. The van der Waals surface area contributed by atoms with Crippen LogP contribution in [-0.2, 0) is 18.7 Å². The van der Waals surface area contributed by atoms with Crippen LogP contribution in [0.1, 0.15) is 12.0 Å². The number of aliphatic hydroxyl groups is 1. The maximum Gasteiger partial charge on any atom is 0.277 e. The first-order valence-electron chi connectivity index (χ1n) is 8.89. The van der Waals surface area contributed by atoms with Crippen LogP contribution < -0.4 is 5.56 Å². The van der Waals surface area contributed by atoms with Crippen molar-refractivity contribution in [3.8, 4) is 0 Å². The van der Waals surface area contributed by atoms with E-state index in [-0.39, 0.29) is 25.1 Å². The van der Waals surface area contributed by atoms with Gasteiger partial charge in [0.1, 0.15) is 35.4 Å². The second-order valence-electron chi connectivity index (χ2n) is 6.78. The topological polar surface area (TPSA) is 98.7 Å². The molecule has 11 heteroatoms. The molecular formula is C19H15ClF2N6O2. The molecule has 0 saturated heterocycles. The third-order valence-corrected chi connectivity index (χ3v) is 4.98. The fraction of sp³-hybridized carbons (Fsp3) is 0.211. The van der Waals surface area contributed by atoms with Crippen LogP contribution in [0.2, 0.25) is 5.02 Å². The molecule has 0 aliphatic heterocycles. The highest BCUT2D eigenvalue weighted by Gasteiger charge is 2.33. The molecule has 1 atom stereocenters. The molecule has 154 valence electrons. The molecule has 2 aromatic heterocycles. The van der Waals surface area contributed by atoms with Crippen molar-refractivity contribution in [2.75, 3.05) is 0 Å². The van der Waals surface area contributed by atoms with Crippen LogP contribution in [0, 0.1) is 11.6 Å². The van der Waals surface area contributed by atoms with Crippen LogP contribution in [0.3, 0.4) is 0 Å². The quantitative estimate of drug-likeness (QED) is 0.502. The van der Waals surface area contributed by atoms with E-state index < -0.39 is 22.8 Å². The summed E-state index contributed by atoms with van der Waals surface area (Å²) in [5.41, 5.74) is -2.04. The lowest BCUT2D eigenvalue weighted by atomic mass is 9.89. The second-order valence-corrected chi connectivity index (χ2v) is 7.21. The minimum absolute atomic E-state index is 0.0770. The number of hydrogen-bond acceptors (Lipinski definition) is 6. The van der Waals surface area contributed by atoms with E-state index >= 15 is 0 Å². The molecule has 0 bridgehead atoms. The third kappa shape index (κ3) is 3.91. The van der Waals surface area contributed by atoms with Crippen molar-refractivity contribution >= 4 is 22.5 Å². The minimum Gasteiger partial charge on any atom is -0.383 e. The highest BCUT2D eigenvalue weighted by Crippen LogP contribution is 2.30. The Morgan fingerprint density at radius 3 is 2.73 bits per heavy atom. The molecule has 1 N–H and O–H groups in total. The van der Waals surface area contributed by atoms with E-state index in [4.69, 9.17) is 11.6 Å². The summed E-state index contributed by atoms with van der Waals surface area (Å²) >= 11 is 5.91. The van der Waals surface area contributed by atoms with Crippen molar-refractivity contribution < 1.29 is 13.9 Å². The molecule has 8 nitrogen and oxygen atoms in total. The first kappa shape index (κ1) is 20.0. The number of aromatic nitrogens is 6. The molecule has 0 spiro atoms. The lowest BCUT2D eigenvalue weighted by Gasteiger charge is -2.29. The summed E-state index contributed by atoms with van der Waals surface area (Å²) in [4.78, 5) is 16.5. The van der Waals surface area contributed by atoms with Gasteiger partial charge in [-0.15, -0.1) is 5.10 Å². The van der Waals surface area contributed by atoms with E-state index in [2.05, 4.69) is 20.4 Å². The molecule has 2 aromatic carbocycles. The van der Waals surface area contributed by atoms with Gasteiger partial charge in [-0.3, -0.25) is 4.79 Å². The number of benzene rings is 2. The molecular weight excluding hydrogens is 418 g/mol. The van der Waals surface area contributed by atoms with Crippen molar-refractivity contribution in [1.82, 2.24) is 29.8 Å². The lowest BCUT2D eigenvalue weighted by Crippen LogP contribution is -2.36. The Kier molecular flexibility index (Phi) is 5.27. The van der Waals surface area contributed by atoms with Crippen LogP contribution >= 0.6 is 11.6 Å². The fourth-order valence-electron chi connectivity index (χ4n) is 3.24. The standard InChI is InChI=1S/C19H15ClF2N6O2/c20-12-1-3-14-17(7-12)25-26-28(18(14)29)6-5-19(30,9-27-11-23-10-24-27)15-4-2-13(21)8-16(15)22/h1-4,7-8,10-11,30H,5-6,9H2. The van der Waals surface area contributed by atoms with Gasteiger partial charge in [0.15, 0.2) is 0 Å². The highest BCUT2D eigenvalue weighted by atomic mass is 35.5. The SMILES string of the molecule is O=c1c2ccc(Cl)cc2nnn1CCC(O)(Cn1cncn1)c1ccc(F)cc1F. The predicted octanol–water partition coefficient (Wildman–Crippen LogP) is 2.29. The number of hydrogen-bond donors (Lipinski definition) is 1. The fourth-order valence-corrected chi connectivity index (χ4v) is 3.40. The maximum atomic E-state index is 14.5. The van der Waals surface area contributed by atoms with E-state index in [1.165, 1.54) is 35.5 Å². The molecule has 4 rings (SSSR count). The van der Waals surface area contributed by atoms with E-state index in [0.717, 1.165) is 10.7 Å². The summed E-state index contributed by atoms with van der Waals surface area (Å²) in [6.07, 6.45) is 2.51. The van der Waals surface area contributed by atoms with Gasteiger partial charge in [-0.1, -0.05) is 22.9 Å². The monoisotopic (exact) mass is 432 g/mol. The molecule has 0 saturated carbocycles. The number of halogens is 3. The van der Waals surface area contributed by atoms with Crippen LogP contribution in [0.15, 0.2) is 53.8 Å². The Morgan fingerprint density at radius 1 is 1.17 bits per heavy atom. The number of rotatable bonds is 6. The summed E-state index contributed by atoms with van der Waals surface area (Å²) in [5.74, 6) is -1.68. The Labute approximate surface area is 173 Å². The molecule has 0 radical (unpaired) electrons. The summed E-state index contributed by atoms with van der Waals surface area (Å²) in [7, 11) is 0. The van der Waals surface area contributed by atoms with Crippen LogP contribution in [-0.4, -0.2) is 34.9 Å². The van der Waals surface area contributed by atoms with E-state index in [0.29, 0.717) is 22.0 Å². The number of fused-ring (bicyclic) bond motifs is 1. The van der Waals surface area contributed by atoms with Gasteiger partial charge < -0.3 is 5.11 Å². The van der Waals surface area contributed by atoms with Gasteiger partial charge in [-0.2, -0.15) is 5.10 Å². The van der Waals surface area contributed by atoms with Gasteiger partial charge in [0.25, 0.3) is 5.56 Å². The van der Waals surface area contributed by atoms with Crippen LogP contribution in [0.5, 0.6) is 0 Å². The van der Waals surface area contributed by atoms with Gasteiger partial charge in [0.2, 0.25) is 0 Å². The summed E-state index contributed by atoms with van der Waals surface area (Å²) in [5, 5.41) is 23.8. The van der Waals surface area contributed by atoms with Crippen molar-refractivity contribution in [2.24, 2.45) is 0 Å². The molecule has 0 fully saturated rings. The Morgan fingerprint density at radius 2 is 2.00 bits per heavy atom. The molecule has 30 heavy (non-hydrogen) atoms. The second kappa shape index (κ2) is 7.88. The van der Waals surface area contributed by atoms with E-state index in [1.54, 1.807) is 6.07 Å². The number of aryl methyl sites for hydroxylation is 1. The Balaban J connectivity index is 1.69. The van der Waals surface area contributed by atoms with E-state index in [1.807, 2.05) is 0 Å². The molecule has 0 aliphatic rings. The molecule has 0 amide bonds. The largest absolute Gasteiger partial charge is 0.383 e. The smallest absolute Gasteiger partial charge is 0.277 e. The average molecular weight is 433 g/mol. The minimum atomic E-state index is -1.82. The first-order valence-corrected chi connectivity index (χ1v) is 9.27. The molecule has 4 aromatic rings. The first-order chi connectivity index (χ1) is 14.4. The summed E-state index contributed by atoms with van der Waals surface area (Å²) in [6, 6.07) is 7.52. The Bertz CT molecular complexity index is 1260. The predicted molar refractivity (Wildman–Crippen MR) is 104 cm³/mol. The van der Waals surface area contributed by atoms with E-state index in [9.17, 15) is 18.7 Å². The maximum absolute atomic E-state index is 14.5. The lowest BCUT2D eigenvalue weighted by molar-refractivity contribution is -0.00227. The zero-order valence-electron chi connectivity index (χ0n) is 15.4. The molecule has 2 heterocycles. The highest BCUT2D eigenvalue weighted by molar-refractivity contribution is 6.31. The third-order valence-electron chi connectivity index (χ3n) is 4.74. The Hall–Kier alpha value is -3.24. The van der Waals surface area contributed by atoms with Gasteiger partial charge in [0.05, 0.1) is 11.9 Å². The van der Waals surface area contributed by atoms with Crippen molar-refractivity contribution in [1.29, 1.82) is 0 Å². The zero-order chi connectivity index (χ0) is 21.3. The number of nitrogens with zero attached hydrogens (tertiary/aromatic N) is 6. The average Bonchev–Trinajstić information content (AvgIpc) is 3.20. The van der Waals surface area contributed by atoms with Gasteiger partial charge in [-0.25, -0.2) is 23.1 Å². The normalized spacial score (nSPS) is 13.5. The summed E-state index contributed by atoms with van der Waals surface area (Å²) in [6.45, 7) is -0.243. The van der Waals surface area contributed by atoms with Crippen LogP contribution in [0.25, 0.3) is 10.9 Å². The summed E-state index contributed by atoms with van der Waals surface area (Å²) < 4.78 is 30.2. The van der Waals surface area contributed by atoms with Crippen molar-refractivity contribution in [2.45, 2.75) is 25.1 Å². The zero-order valence-corrected chi connectivity index (χ0v) is 16.2. The van der Waals surface area contributed by atoms with Crippen molar-refractivity contribution in [3.05, 3.63) is 81.6 Å². The van der Waals surface area contributed by atoms with Gasteiger partial charge >= 0.3 is 0 Å². The van der Waals surface area contributed by atoms with Crippen molar-refractivity contribution in [3.63, 3.8) is 0 Å². The van der Waals surface area contributed by atoms with Gasteiger partial charge in [-0.05, 0) is 24.3 Å². The van der Waals surface area contributed by atoms with Gasteiger partial charge in [0, 0.05) is 29.6 Å². The van der Waals surface area contributed by atoms with Crippen LogP contribution in [0.4, 0.5) is 8.78 Å². The molecule has 0 aliphatic carbocycles.